The van der Waals surface area contributed by atoms with E-state index in [-0.39, 0.29) is 12.2 Å². The number of nitrogens with one attached hydrogen (secondary N) is 3. The van der Waals surface area contributed by atoms with Gasteiger partial charge in [0.2, 0.25) is 0 Å². The van der Waals surface area contributed by atoms with Gasteiger partial charge in [0.25, 0.3) is 0 Å². The van der Waals surface area contributed by atoms with Gasteiger partial charge in [-0.2, -0.15) is 5.10 Å². The second-order valence-corrected chi connectivity index (χ2v) is 10.1. The first-order valence-corrected chi connectivity index (χ1v) is 14.2. The Balaban J connectivity index is 1.42. The number of hydrogen-bond donors (Lipinski definition) is 4. The molecule has 1 aliphatic heterocycles. The summed E-state index contributed by atoms with van der Waals surface area (Å²) in [7, 11) is 2.62. The topological polar surface area (TPSA) is 162 Å². The van der Waals surface area contributed by atoms with Gasteiger partial charge in [-0.05, 0) is 75.7 Å². The largest absolute Gasteiger partial charge is 0.490 e. The van der Waals surface area contributed by atoms with Crippen LogP contribution in [-0.2, 0) is 14.3 Å². The summed E-state index contributed by atoms with van der Waals surface area (Å²) in [6.45, 7) is 7.52. The Hall–Kier alpha value is -5.30. The molecule has 0 fully saturated rings. The minimum atomic E-state index is -1.15. The van der Waals surface area contributed by atoms with Crippen molar-refractivity contribution in [2.24, 2.45) is 5.10 Å². The minimum Gasteiger partial charge on any atom is -0.490 e. The number of carbonyl (C=O) groups excluding carboxylic acids is 3. The van der Waals surface area contributed by atoms with Crippen molar-refractivity contribution in [3.05, 3.63) is 87.9 Å². The Kier molecular flexibility index (Phi) is 10.5. The van der Waals surface area contributed by atoms with Crippen molar-refractivity contribution >= 4 is 24.2 Å². The third kappa shape index (κ3) is 7.44. The lowest BCUT2D eigenvalue weighted by atomic mass is 9.95. The van der Waals surface area contributed by atoms with Crippen LogP contribution in [0.2, 0.25) is 0 Å². The molecule has 4 N–H and O–H groups in total. The zero-order chi connectivity index (χ0) is 32.7. The van der Waals surface area contributed by atoms with Gasteiger partial charge >= 0.3 is 18.0 Å². The molecule has 4 rings (SSSR count). The molecule has 45 heavy (non-hydrogen) atoms. The zero-order valence-electron chi connectivity index (χ0n) is 26.0. The molecule has 0 saturated carbocycles. The van der Waals surface area contributed by atoms with Crippen LogP contribution in [-0.4, -0.2) is 67.5 Å². The number of amides is 2. The number of methoxy groups -OCH3 is 2. The van der Waals surface area contributed by atoms with Crippen molar-refractivity contribution in [3.63, 3.8) is 0 Å². The number of rotatable bonds is 12. The van der Waals surface area contributed by atoms with E-state index in [2.05, 4.69) is 21.2 Å². The minimum absolute atomic E-state index is 0.154. The first-order valence-electron chi connectivity index (χ1n) is 14.2. The maximum atomic E-state index is 12.5. The molecule has 1 aliphatic rings. The second-order valence-electron chi connectivity index (χ2n) is 10.1. The first kappa shape index (κ1) is 32.6. The number of ether oxygens (including phenoxy) is 4. The fraction of sp³-hybridized carbons (Fsp3) is 0.312. The van der Waals surface area contributed by atoms with Crippen LogP contribution in [0.3, 0.4) is 0 Å². The number of hydrogen-bond acceptors (Lipinski definition) is 10. The van der Waals surface area contributed by atoms with E-state index in [1.54, 1.807) is 43.5 Å². The van der Waals surface area contributed by atoms with Crippen LogP contribution in [0.1, 0.15) is 52.8 Å². The summed E-state index contributed by atoms with van der Waals surface area (Å²) in [5.74, 6) is -0.251. The molecule has 1 aromatic heterocycles. The standard InChI is InChI=1S/C32H37N5O8/c1-7-44-26-15-22(29-28(31(40)43-6)19(3)34-32(41)35-29)10-13-25(26)45-17-27(38)36-33-16-23-14-18(2)37(20(23)4)24-11-8-21(9-12-24)30(39)42-5/h8-16,27,29,36,38H,7,17H2,1-6H3,(H2,34,35,41)/b33-16-/t27-,29+/m1/s1. The lowest BCUT2D eigenvalue weighted by Gasteiger charge is -2.28. The van der Waals surface area contributed by atoms with E-state index in [9.17, 15) is 19.5 Å². The van der Waals surface area contributed by atoms with E-state index in [4.69, 9.17) is 18.9 Å². The molecule has 0 spiro atoms. The van der Waals surface area contributed by atoms with Gasteiger partial charge in [0.05, 0.1) is 44.2 Å². The quantitative estimate of drug-likeness (QED) is 0.103. The first-order chi connectivity index (χ1) is 21.6. The summed E-state index contributed by atoms with van der Waals surface area (Å²) >= 11 is 0. The lowest BCUT2D eigenvalue weighted by molar-refractivity contribution is -0.136. The molecule has 13 nitrogen and oxygen atoms in total. The maximum absolute atomic E-state index is 12.5. The van der Waals surface area contributed by atoms with Gasteiger partial charge in [0.1, 0.15) is 6.61 Å². The molecule has 0 radical (unpaired) electrons. The number of aryl methyl sites for hydroxylation is 1. The lowest BCUT2D eigenvalue weighted by Crippen LogP contribution is -2.45. The van der Waals surface area contributed by atoms with Gasteiger partial charge in [-0.3, -0.25) is 5.43 Å². The molecule has 2 aromatic carbocycles. The number of hydrazone groups is 1. The Morgan fingerprint density at radius 1 is 1.02 bits per heavy atom. The smallest absolute Gasteiger partial charge is 0.337 e. The number of allylic oxidation sites excluding steroid dienone is 1. The summed E-state index contributed by atoms with van der Waals surface area (Å²) in [6.07, 6.45) is 0.456. The monoisotopic (exact) mass is 619 g/mol. The van der Waals surface area contributed by atoms with Gasteiger partial charge in [-0.1, -0.05) is 6.07 Å². The summed E-state index contributed by atoms with van der Waals surface area (Å²) < 4.78 is 23.3. The predicted molar refractivity (Wildman–Crippen MR) is 166 cm³/mol. The summed E-state index contributed by atoms with van der Waals surface area (Å²) in [4.78, 5) is 36.4. The number of benzene rings is 2. The van der Waals surface area contributed by atoms with E-state index >= 15 is 0 Å². The molecule has 238 valence electrons. The van der Waals surface area contributed by atoms with E-state index in [0.717, 1.165) is 22.6 Å². The molecule has 0 bridgehead atoms. The average Bonchev–Trinajstić information content (AvgIpc) is 3.31. The molecule has 3 aromatic rings. The van der Waals surface area contributed by atoms with Crippen LogP contribution in [0.5, 0.6) is 11.5 Å². The molecular formula is C32H37N5O8. The second kappa shape index (κ2) is 14.4. The number of aromatic nitrogens is 1. The van der Waals surface area contributed by atoms with Crippen LogP contribution in [0.15, 0.2) is 64.9 Å². The van der Waals surface area contributed by atoms with Gasteiger partial charge < -0.3 is 39.3 Å². The summed E-state index contributed by atoms with van der Waals surface area (Å²) in [6, 6.07) is 12.8. The van der Waals surface area contributed by atoms with Crippen LogP contribution >= 0.6 is 0 Å². The molecule has 0 aliphatic carbocycles. The fourth-order valence-electron chi connectivity index (χ4n) is 5.00. The van der Waals surface area contributed by atoms with Gasteiger partial charge in [0, 0.05) is 28.3 Å². The number of nitrogens with zero attached hydrogens (tertiary/aromatic N) is 2. The Bertz CT molecular complexity index is 1630. The van der Waals surface area contributed by atoms with Crippen LogP contribution in [0.25, 0.3) is 5.69 Å². The van der Waals surface area contributed by atoms with Crippen molar-refractivity contribution in [1.82, 2.24) is 20.6 Å². The van der Waals surface area contributed by atoms with Crippen molar-refractivity contribution in [2.75, 3.05) is 27.4 Å². The number of urea groups is 1. The number of esters is 2. The van der Waals surface area contributed by atoms with Crippen LogP contribution in [0.4, 0.5) is 4.79 Å². The van der Waals surface area contributed by atoms with E-state index in [0.29, 0.717) is 34.9 Å². The van der Waals surface area contributed by atoms with Crippen LogP contribution < -0.4 is 25.5 Å². The molecule has 0 unspecified atom stereocenters. The van der Waals surface area contributed by atoms with Gasteiger partial charge in [0.15, 0.2) is 17.7 Å². The normalized spacial score (nSPS) is 15.3. The van der Waals surface area contributed by atoms with Crippen LogP contribution in [0, 0.1) is 13.8 Å². The highest BCUT2D eigenvalue weighted by molar-refractivity contribution is 5.95. The zero-order valence-corrected chi connectivity index (χ0v) is 26.0. The van der Waals surface area contributed by atoms with Gasteiger partial charge in [-0.15, -0.1) is 0 Å². The highest BCUT2D eigenvalue weighted by atomic mass is 16.5. The summed E-state index contributed by atoms with van der Waals surface area (Å²) in [5.41, 5.74) is 7.95. The van der Waals surface area contributed by atoms with Crippen molar-refractivity contribution in [3.8, 4) is 17.2 Å². The predicted octanol–water partition coefficient (Wildman–Crippen LogP) is 3.40. The van der Waals surface area contributed by atoms with Crippen molar-refractivity contribution < 1.29 is 38.4 Å². The molecule has 2 heterocycles. The van der Waals surface area contributed by atoms with Crippen molar-refractivity contribution in [1.29, 1.82) is 0 Å². The summed E-state index contributed by atoms with van der Waals surface area (Å²) in [5, 5.41) is 20.0. The highest BCUT2D eigenvalue weighted by Crippen LogP contribution is 2.35. The highest BCUT2D eigenvalue weighted by Gasteiger charge is 2.32. The molecule has 13 heteroatoms. The number of carbonyl (C=O) groups is 3. The third-order valence-corrected chi connectivity index (χ3v) is 7.12. The average molecular weight is 620 g/mol. The molecule has 2 amide bonds. The third-order valence-electron chi connectivity index (χ3n) is 7.12. The maximum Gasteiger partial charge on any atom is 0.337 e. The Morgan fingerprint density at radius 2 is 1.73 bits per heavy atom. The number of aliphatic hydroxyl groups excluding tert-OH is 1. The van der Waals surface area contributed by atoms with E-state index in [1.165, 1.54) is 14.2 Å². The number of aliphatic hydroxyl groups is 1. The Labute approximate surface area is 260 Å². The Morgan fingerprint density at radius 3 is 2.40 bits per heavy atom. The molecular weight excluding hydrogens is 582 g/mol. The van der Waals surface area contributed by atoms with Crippen molar-refractivity contribution in [2.45, 2.75) is 40.0 Å². The van der Waals surface area contributed by atoms with Gasteiger partial charge in [-0.25, -0.2) is 14.4 Å². The molecule has 0 saturated heterocycles. The van der Waals surface area contributed by atoms with E-state index < -0.39 is 30.2 Å². The molecule has 2 atom stereocenters. The fourth-order valence-corrected chi connectivity index (χ4v) is 5.00. The SMILES string of the molecule is CCOc1cc([C@@H]2NC(=O)NC(C)=C2C(=O)OC)ccc1OC[C@@H](O)N/N=C\c1cc(C)n(-c2ccc(C(=O)OC)cc2)c1C. The van der Waals surface area contributed by atoms with E-state index in [1.807, 2.05) is 43.5 Å².